The Hall–Kier alpha value is -0.450. The second-order valence-electron chi connectivity index (χ2n) is 8.22. The number of hydrogen-bond donors (Lipinski definition) is 0. The predicted molar refractivity (Wildman–Crippen MR) is 92.8 cm³/mol. The number of fused-ring (bicyclic) bond motifs is 2. The molecule has 0 N–H and O–H groups in total. The van der Waals surface area contributed by atoms with Gasteiger partial charge in [-0.3, -0.25) is 4.79 Å². The van der Waals surface area contributed by atoms with Gasteiger partial charge in [0.15, 0.2) is 0 Å². The van der Waals surface area contributed by atoms with Gasteiger partial charge in [-0.15, -0.1) is 0 Å². The third kappa shape index (κ3) is 3.30. The summed E-state index contributed by atoms with van der Waals surface area (Å²) in [4.78, 5) is 12.8. The first-order valence-corrected chi connectivity index (χ1v) is 9.85. The van der Waals surface area contributed by atoms with E-state index in [0.717, 1.165) is 43.9 Å². The number of carbonyl (C=O) groups excluding carboxylic acids is 1. The number of Topliss-reactive ketones (excluding diaryl/α,β-unsaturated/α-hetero) is 1. The van der Waals surface area contributed by atoms with Gasteiger partial charge in [-0.1, -0.05) is 38.5 Å². The maximum Gasteiger partial charge on any atom is 0.147 e. The lowest BCUT2D eigenvalue weighted by molar-refractivity contribution is -0.239. The summed E-state index contributed by atoms with van der Waals surface area (Å²) >= 11 is 0. The molecule has 0 radical (unpaired) electrons. The quantitative estimate of drug-likeness (QED) is 0.517. The van der Waals surface area contributed by atoms with Gasteiger partial charge >= 0.3 is 0 Å². The van der Waals surface area contributed by atoms with Crippen molar-refractivity contribution >= 4 is 5.78 Å². The van der Waals surface area contributed by atoms with Gasteiger partial charge in [0.1, 0.15) is 12.6 Å². The van der Waals surface area contributed by atoms with Crippen LogP contribution in [0.5, 0.6) is 0 Å². The Morgan fingerprint density at radius 1 is 1.00 bits per heavy atom. The first kappa shape index (κ1) is 18.3. The van der Waals surface area contributed by atoms with Crippen LogP contribution < -0.4 is 0 Å². The molecule has 0 aromatic rings. The van der Waals surface area contributed by atoms with Gasteiger partial charge in [0.05, 0.1) is 24.2 Å². The zero-order chi connectivity index (χ0) is 17.0. The normalized spacial score (nSPS) is 39.1. The van der Waals surface area contributed by atoms with Crippen LogP contribution in [-0.4, -0.2) is 38.5 Å². The van der Waals surface area contributed by atoms with Crippen molar-refractivity contribution in [3.63, 3.8) is 0 Å². The summed E-state index contributed by atoms with van der Waals surface area (Å²) in [5.74, 6) is 1.82. The highest BCUT2D eigenvalue weighted by atomic mass is 16.7. The Kier molecular flexibility index (Phi) is 5.99. The van der Waals surface area contributed by atoms with Crippen LogP contribution in [0.1, 0.15) is 71.1 Å². The molecule has 0 saturated heterocycles. The van der Waals surface area contributed by atoms with Crippen LogP contribution in [0, 0.1) is 17.3 Å². The number of hydrogen-bond acceptors (Lipinski definition) is 4. The first-order valence-electron chi connectivity index (χ1n) is 9.85. The van der Waals surface area contributed by atoms with E-state index in [1.54, 1.807) is 14.0 Å². The summed E-state index contributed by atoms with van der Waals surface area (Å²) in [5, 5.41) is 0. The molecule has 4 nitrogen and oxygen atoms in total. The molecule has 3 saturated carbocycles. The summed E-state index contributed by atoms with van der Waals surface area (Å²) in [6.07, 6.45) is 11.8. The number of rotatable bonds is 7. The van der Waals surface area contributed by atoms with Crippen molar-refractivity contribution in [3.8, 4) is 0 Å². The smallest absolute Gasteiger partial charge is 0.147 e. The van der Waals surface area contributed by atoms with E-state index in [0.29, 0.717) is 19.0 Å². The molecule has 24 heavy (non-hydrogen) atoms. The zero-order valence-corrected chi connectivity index (χ0v) is 15.5. The minimum Gasteiger partial charge on any atom is -0.382 e. The number of carbonyl (C=O) groups is 1. The molecule has 0 unspecified atom stereocenters. The van der Waals surface area contributed by atoms with E-state index in [1.165, 1.54) is 32.1 Å². The molecule has 4 atom stereocenters. The molecule has 0 heterocycles. The van der Waals surface area contributed by atoms with Gasteiger partial charge in [-0.05, 0) is 44.4 Å². The second kappa shape index (κ2) is 7.84. The fourth-order valence-corrected chi connectivity index (χ4v) is 5.85. The highest BCUT2D eigenvalue weighted by Gasteiger charge is 2.61. The molecule has 138 valence electrons. The average Bonchev–Trinajstić information content (AvgIpc) is 2.59. The summed E-state index contributed by atoms with van der Waals surface area (Å²) in [5.41, 5.74) is -0.558. The molecule has 3 aliphatic carbocycles. The molecule has 0 aliphatic heterocycles. The van der Waals surface area contributed by atoms with Crippen molar-refractivity contribution in [1.29, 1.82) is 0 Å². The highest BCUT2D eigenvalue weighted by molar-refractivity contribution is 5.84. The topological polar surface area (TPSA) is 44.8 Å². The number of methoxy groups -OCH3 is 1. The molecule has 3 aliphatic rings. The van der Waals surface area contributed by atoms with Crippen LogP contribution >= 0.6 is 0 Å². The van der Waals surface area contributed by atoms with Crippen LogP contribution in [0.4, 0.5) is 0 Å². The van der Waals surface area contributed by atoms with E-state index < -0.39 is 0 Å². The van der Waals surface area contributed by atoms with Gasteiger partial charge < -0.3 is 14.2 Å². The first-order chi connectivity index (χ1) is 11.6. The second-order valence-corrected chi connectivity index (χ2v) is 8.22. The Bertz CT molecular complexity index is 437. The van der Waals surface area contributed by atoms with Gasteiger partial charge in [-0.25, -0.2) is 0 Å². The molecule has 4 heteroatoms. The molecule has 3 fully saturated rings. The fourth-order valence-electron chi connectivity index (χ4n) is 5.85. The molecule has 3 rings (SSSR count). The Morgan fingerprint density at radius 3 is 2.42 bits per heavy atom. The van der Waals surface area contributed by atoms with Crippen LogP contribution in [-0.2, 0) is 19.0 Å². The third-order valence-corrected chi connectivity index (χ3v) is 7.10. The molecular formula is C20H34O4. The Balaban J connectivity index is 1.78. The summed E-state index contributed by atoms with van der Waals surface area (Å²) in [7, 11) is 1.68. The van der Waals surface area contributed by atoms with Crippen LogP contribution in [0.15, 0.2) is 0 Å². The van der Waals surface area contributed by atoms with Crippen molar-refractivity contribution in [2.24, 2.45) is 17.3 Å². The molecular weight excluding hydrogens is 304 g/mol. The summed E-state index contributed by atoms with van der Waals surface area (Å²) in [6, 6.07) is 0. The molecule has 0 bridgehead atoms. The van der Waals surface area contributed by atoms with E-state index >= 15 is 0 Å². The van der Waals surface area contributed by atoms with E-state index in [1.807, 2.05) is 0 Å². The summed E-state index contributed by atoms with van der Waals surface area (Å²) in [6.45, 7) is 3.22. The van der Waals surface area contributed by atoms with Gasteiger partial charge in [0, 0.05) is 7.11 Å². The lowest BCUT2D eigenvalue weighted by Crippen LogP contribution is -2.61. The minimum atomic E-state index is -0.289. The van der Waals surface area contributed by atoms with E-state index in [9.17, 15) is 4.79 Å². The van der Waals surface area contributed by atoms with E-state index in [4.69, 9.17) is 14.2 Å². The van der Waals surface area contributed by atoms with E-state index in [2.05, 4.69) is 0 Å². The molecule has 0 aromatic carbocycles. The van der Waals surface area contributed by atoms with Crippen molar-refractivity contribution in [2.75, 3.05) is 27.1 Å². The Labute approximate surface area is 146 Å². The van der Waals surface area contributed by atoms with Crippen LogP contribution in [0.2, 0.25) is 0 Å². The maximum atomic E-state index is 12.8. The average molecular weight is 338 g/mol. The van der Waals surface area contributed by atoms with Crippen molar-refractivity contribution in [3.05, 3.63) is 0 Å². The van der Waals surface area contributed by atoms with Gasteiger partial charge in [0.25, 0.3) is 0 Å². The van der Waals surface area contributed by atoms with Gasteiger partial charge in [-0.2, -0.15) is 0 Å². The molecule has 0 amide bonds. The number of ether oxygens (including phenoxy) is 3. The largest absolute Gasteiger partial charge is 0.382 e. The monoisotopic (exact) mass is 338 g/mol. The Morgan fingerprint density at radius 2 is 1.71 bits per heavy atom. The summed E-state index contributed by atoms with van der Waals surface area (Å²) < 4.78 is 17.1. The van der Waals surface area contributed by atoms with E-state index in [-0.39, 0.29) is 17.8 Å². The molecule has 0 aromatic heterocycles. The van der Waals surface area contributed by atoms with Crippen LogP contribution in [0.3, 0.4) is 0 Å². The lowest BCUT2D eigenvalue weighted by atomic mass is 9.48. The third-order valence-electron chi connectivity index (χ3n) is 7.10. The van der Waals surface area contributed by atoms with Crippen molar-refractivity contribution in [1.82, 2.24) is 0 Å². The SMILES string of the molecule is COCCOCO[C@]12CCCC[C@@]1(C(C)=O)C[C@H]1CCCC[C@H]1C2. The highest BCUT2D eigenvalue weighted by Crippen LogP contribution is 2.60. The molecule has 0 spiro atoms. The van der Waals surface area contributed by atoms with Crippen molar-refractivity contribution in [2.45, 2.75) is 76.7 Å². The fraction of sp³-hybridized carbons (Fsp3) is 0.950. The predicted octanol–water partition coefficient (Wildman–Crippen LogP) is 4.11. The number of ketones is 1. The lowest BCUT2D eigenvalue weighted by Gasteiger charge is -2.59. The van der Waals surface area contributed by atoms with Crippen LogP contribution in [0.25, 0.3) is 0 Å². The zero-order valence-electron chi connectivity index (χ0n) is 15.5. The van der Waals surface area contributed by atoms with Crippen molar-refractivity contribution < 1.29 is 19.0 Å². The van der Waals surface area contributed by atoms with Gasteiger partial charge in [0.2, 0.25) is 0 Å². The maximum absolute atomic E-state index is 12.8. The standard InChI is InChI=1S/C20H34O4/c1-16(21)19-9-5-6-10-20(19,24-15-23-12-11-22-2)14-18-8-4-3-7-17(18)13-19/h17-18H,3-15H2,1-2H3/t17-,18+,19+,20+/m1/s1. The minimum absolute atomic E-state index is 0.269.